The Morgan fingerprint density at radius 3 is 2.33 bits per heavy atom. The quantitative estimate of drug-likeness (QED) is 0.845. The number of nitrogens with one attached hydrogen (secondary N) is 2. The highest BCUT2D eigenvalue weighted by Crippen LogP contribution is 2.12. The van der Waals surface area contributed by atoms with Crippen molar-refractivity contribution >= 4 is 31.2 Å². The maximum atomic E-state index is 11.9. The number of ether oxygens (including phenoxy) is 1. The highest BCUT2D eigenvalue weighted by molar-refractivity contribution is 6.30. The molecule has 0 saturated heterocycles. The smallest absolute Gasteiger partial charge is 0.407 e. The fourth-order valence-electron chi connectivity index (χ4n) is 1.86. The number of carbonyl (C=O) groups excluding carboxylic acids is 2. The molecule has 7 heteroatoms. The van der Waals surface area contributed by atoms with Crippen LogP contribution in [0.4, 0.5) is 10.5 Å². The van der Waals surface area contributed by atoms with Crippen molar-refractivity contribution in [1.29, 1.82) is 0 Å². The predicted molar refractivity (Wildman–Crippen MR) is 91.6 cm³/mol. The van der Waals surface area contributed by atoms with Crippen molar-refractivity contribution in [2.45, 2.75) is 32.9 Å². The SMILES string of the molecule is [B]c1ccc(C(=O)Nc2ccc(CNC(=O)OC(C)(C)C)cc2)o1. The average Bonchev–Trinajstić information content (AvgIpc) is 2.91. The molecule has 2 N–H and O–H groups in total. The van der Waals surface area contributed by atoms with Gasteiger partial charge in [0, 0.05) is 17.9 Å². The van der Waals surface area contributed by atoms with E-state index in [1.807, 2.05) is 0 Å². The summed E-state index contributed by atoms with van der Waals surface area (Å²) in [7, 11) is 5.43. The van der Waals surface area contributed by atoms with Gasteiger partial charge in [-0.05, 0) is 50.6 Å². The van der Waals surface area contributed by atoms with E-state index < -0.39 is 11.7 Å². The first-order valence-electron chi connectivity index (χ1n) is 7.45. The Morgan fingerprint density at radius 2 is 1.79 bits per heavy atom. The summed E-state index contributed by atoms with van der Waals surface area (Å²) < 4.78 is 10.2. The van der Waals surface area contributed by atoms with Gasteiger partial charge in [0.1, 0.15) is 5.60 Å². The van der Waals surface area contributed by atoms with Crippen molar-refractivity contribution in [2.75, 3.05) is 5.32 Å². The molecule has 0 saturated carbocycles. The molecule has 2 rings (SSSR count). The number of benzene rings is 1. The van der Waals surface area contributed by atoms with E-state index in [-0.39, 0.29) is 17.3 Å². The standard InChI is InChI=1S/C17H19BN2O4/c1-17(2,3)24-16(22)19-10-11-4-6-12(7-5-11)20-15(21)13-8-9-14(18)23-13/h4-9H,10H2,1-3H3,(H,19,22)(H,20,21). The summed E-state index contributed by atoms with van der Waals surface area (Å²) in [5, 5.41) is 5.36. The summed E-state index contributed by atoms with van der Waals surface area (Å²) in [6.07, 6.45) is -0.477. The molecule has 0 fully saturated rings. The summed E-state index contributed by atoms with van der Waals surface area (Å²) in [4.78, 5) is 23.5. The Bertz CT molecular complexity index is 717. The molecule has 1 heterocycles. The molecule has 1 aromatic heterocycles. The van der Waals surface area contributed by atoms with Gasteiger partial charge >= 0.3 is 6.09 Å². The van der Waals surface area contributed by atoms with Crippen molar-refractivity contribution < 1.29 is 18.7 Å². The Labute approximate surface area is 142 Å². The van der Waals surface area contributed by atoms with Crippen LogP contribution in [0.1, 0.15) is 36.9 Å². The number of anilines is 1. The van der Waals surface area contributed by atoms with E-state index >= 15 is 0 Å². The van der Waals surface area contributed by atoms with Crippen LogP contribution in [-0.4, -0.2) is 25.4 Å². The van der Waals surface area contributed by atoms with E-state index in [9.17, 15) is 9.59 Å². The number of furan rings is 1. The van der Waals surface area contributed by atoms with Gasteiger partial charge in [-0.25, -0.2) is 4.79 Å². The van der Waals surface area contributed by atoms with E-state index in [0.717, 1.165) is 5.56 Å². The van der Waals surface area contributed by atoms with Crippen LogP contribution >= 0.6 is 0 Å². The molecular formula is C17H19BN2O4. The average molecular weight is 326 g/mol. The zero-order valence-corrected chi connectivity index (χ0v) is 13.9. The lowest BCUT2D eigenvalue weighted by Crippen LogP contribution is -2.32. The fourth-order valence-corrected chi connectivity index (χ4v) is 1.86. The van der Waals surface area contributed by atoms with E-state index in [1.54, 1.807) is 45.0 Å². The zero-order valence-electron chi connectivity index (χ0n) is 13.9. The molecule has 0 aliphatic heterocycles. The number of alkyl carbamates (subject to hydrolysis) is 1. The lowest BCUT2D eigenvalue weighted by molar-refractivity contribution is 0.0523. The molecular weight excluding hydrogens is 307 g/mol. The normalized spacial score (nSPS) is 11.0. The molecule has 0 aliphatic carbocycles. The molecule has 0 unspecified atom stereocenters. The van der Waals surface area contributed by atoms with Crippen molar-refractivity contribution in [1.82, 2.24) is 5.32 Å². The second-order valence-corrected chi connectivity index (χ2v) is 6.21. The molecule has 0 spiro atoms. The highest BCUT2D eigenvalue weighted by Gasteiger charge is 2.15. The van der Waals surface area contributed by atoms with Crippen LogP contribution < -0.4 is 16.3 Å². The Balaban J connectivity index is 1.86. The maximum Gasteiger partial charge on any atom is 0.407 e. The van der Waals surface area contributed by atoms with Crippen LogP contribution in [-0.2, 0) is 11.3 Å². The van der Waals surface area contributed by atoms with Gasteiger partial charge in [-0.1, -0.05) is 12.1 Å². The maximum absolute atomic E-state index is 11.9. The fraction of sp³-hybridized carbons (Fsp3) is 0.294. The second-order valence-electron chi connectivity index (χ2n) is 6.21. The second kappa shape index (κ2) is 7.25. The number of hydrogen-bond donors (Lipinski definition) is 2. The largest absolute Gasteiger partial charge is 0.468 e. The molecule has 2 amide bonds. The van der Waals surface area contributed by atoms with E-state index in [0.29, 0.717) is 12.2 Å². The minimum Gasteiger partial charge on any atom is -0.468 e. The van der Waals surface area contributed by atoms with Gasteiger partial charge in [-0.3, -0.25) is 4.79 Å². The van der Waals surface area contributed by atoms with E-state index in [1.165, 1.54) is 12.1 Å². The van der Waals surface area contributed by atoms with Gasteiger partial charge in [0.2, 0.25) is 0 Å². The lowest BCUT2D eigenvalue weighted by atomic mass is 10.1. The van der Waals surface area contributed by atoms with Gasteiger partial charge in [0.05, 0.1) is 0 Å². The van der Waals surface area contributed by atoms with Crippen molar-refractivity contribution in [3.8, 4) is 0 Å². The minimum absolute atomic E-state index is 0.142. The summed E-state index contributed by atoms with van der Waals surface area (Å²) in [5.74, 6) is -0.241. The Hall–Kier alpha value is -2.70. The van der Waals surface area contributed by atoms with E-state index in [4.69, 9.17) is 17.0 Å². The van der Waals surface area contributed by atoms with Gasteiger partial charge in [0.15, 0.2) is 13.6 Å². The van der Waals surface area contributed by atoms with Gasteiger partial charge < -0.3 is 19.8 Å². The Morgan fingerprint density at radius 1 is 1.12 bits per heavy atom. The predicted octanol–water partition coefficient (Wildman–Crippen LogP) is 2.35. The van der Waals surface area contributed by atoms with E-state index in [2.05, 4.69) is 10.6 Å². The zero-order chi connectivity index (χ0) is 17.7. The molecule has 0 aliphatic rings. The number of rotatable bonds is 4. The van der Waals surface area contributed by atoms with Crippen LogP contribution in [0.3, 0.4) is 0 Å². The topological polar surface area (TPSA) is 80.6 Å². The monoisotopic (exact) mass is 326 g/mol. The third kappa shape index (κ3) is 5.50. The van der Waals surface area contributed by atoms with Crippen molar-refractivity contribution in [3.05, 3.63) is 47.7 Å². The summed E-state index contributed by atoms with van der Waals surface area (Å²) in [6, 6.07) is 10.1. The third-order valence-corrected chi connectivity index (χ3v) is 2.90. The summed E-state index contributed by atoms with van der Waals surface area (Å²) >= 11 is 0. The first kappa shape index (κ1) is 17.7. The van der Waals surface area contributed by atoms with Crippen LogP contribution in [0.2, 0.25) is 0 Å². The van der Waals surface area contributed by atoms with Gasteiger partial charge in [0.25, 0.3) is 5.91 Å². The number of carbonyl (C=O) groups is 2. The first-order chi connectivity index (χ1) is 11.2. The molecule has 0 bridgehead atoms. The van der Waals surface area contributed by atoms with Crippen LogP contribution in [0.5, 0.6) is 0 Å². The molecule has 0 atom stereocenters. The Kier molecular flexibility index (Phi) is 5.33. The van der Waals surface area contributed by atoms with Crippen LogP contribution in [0, 0.1) is 0 Å². The first-order valence-corrected chi connectivity index (χ1v) is 7.45. The molecule has 6 nitrogen and oxygen atoms in total. The highest BCUT2D eigenvalue weighted by atomic mass is 16.6. The number of hydrogen-bond acceptors (Lipinski definition) is 4. The number of amides is 2. The van der Waals surface area contributed by atoms with Crippen LogP contribution in [0.15, 0.2) is 40.8 Å². The van der Waals surface area contributed by atoms with Gasteiger partial charge in [-0.2, -0.15) is 0 Å². The molecule has 24 heavy (non-hydrogen) atoms. The minimum atomic E-state index is -0.534. The molecule has 2 aromatic rings. The lowest BCUT2D eigenvalue weighted by Gasteiger charge is -2.19. The third-order valence-electron chi connectivity index (χ3n) is 2.90. The van der Waals surface area contributed by atoms with Crippen molar-refractivity contribution in [2.24, 2.45) is 0 Å². The molecule has 124 valence electrons. The summed E-state index contributed by atoms with van der Waals surface area (Å²) in [5.41, 5.74) is 1.13. The van der Waals surface area contributed by atoms with Crippen molar-refractivity contribution in [3.63, 3.8) is 0 Å². The molecule has 2 radical (unpaired) electrons. The summed E-state index contributed by atoms with van der Waals surface area (Å²) in [6.45, 7) is 5.74. The van der Waals surface area contributed by atoms with Gasteiger partial charge in [-0.15, -0.1) is 0 Å². The molecule has 1 aromatic carbocycles. The van der Waals surface area contributed by atoms with Crippen LogP contribution in [0.25, 0.3) is 0 Å².